The van der Waals surface area contributed by atoms with Gasteiger partial charge in [-0.3, -0.25) is 9.58 Å². The Hall–Kier alpha value is -1.45. The lowest BCUT2D eigenvalue weighted by atomic mass is 10.1. The van der Waals surface area contributed by atoms with Gasteiger partial charge in [0.25, 0.3) is 0 Å². The van der Waals surface area contributed by atoms with E-state index < -0.39 is 10.0 Å². The van der Waals surface area contributed by atoms with Crippen molar-refractivity contribution in [3.63, 3.8) is 0 Å². The SMILES string of the molecule is Cc1nn(C)c(C)c1S(=O)(=O)NCC(c1cccc(Cl)c1)N1CCOCC1. The Bertz CT molecular complexity index is 907. The molecule has 1 unspecified atom stereocenters. The number of hydrogen-bond acceptors (Lipinski definition) is 5. The summed E-state index contributed by atoms with van der Waals surface area (Å²) in [5.41, 5.74) is 2.09. The van der Waals surface area contributed by atoms with Gasteiger partial charge in [0.05, 0.1) is 24.6 Å². The largest absolute Gasteiger partial charge is 0.379 e. The molecule has 0 saturated carbocycles. The van der Waals surface area contributed by atoms with Gasteiger partial charge in [0.1, 0.15) is 4.90 Å². The van der Waals surface area contributed by atoms with Crippen LogP contribution < -0.4 is 4.72 Å². The molecule has 1 N–H and O–H groups in total. The van der Waals surface area contributed by atoms with Crippen LogP contribution in [0.5, 0.6) is 0 Å². The van der Waals surface area contributed by atoms with Crippen molar-refractivity contribution in [2.45, 2.75) is 24.8 Å². The van der Waals surface area contributed by atoms with E-state index in [-0.39, 0.29) is 17.5 Å². The summed E-state index contributed by atoms with van der Waals surface area (Å²) in [6.45, 7) is 6.45. The molecule has 0 bridgehead atoms. The minimum atomic E-state index is -3.68. The van der Waals surface area contributed by atoms with Gasteiger partial charge in [-0.2, -0.15) is 5.10 Å². The molecular weight excluding hydrogens is 388 g/mol. The summed E-state index contributed by atoms with van der Waals surface area (Å²) < 4.78 is 35.7. The first-order chi connectivity index (χ1) is 12.8. The van der Waals surface area contributed by atoms with Crippen molar-refractivity contribution in [1.82, 2.24) is 19.4 Å². The zero-order chi connectivity index (χ0) is 19.6. The number of halogens is 1. The van der Waals surface area contributed by atoms with Crippen LogP contribution in [0.4, 0.5) is 0 Å². The molecular formula is C18H25ClN4O3S. The monoisotopic (exact) mass is 412 g/mol. The van der Waals surface area contributed by atoms with Gasteiger partial charge in [-0.05, 0) is 31.5 Å². The lowest BCUT2D eigenvalue weighted by Crippen LogP contribution is -2.43. The summed E-state index contributed by atoms with van der Waals surface area (Å²) in [7, 11) is -1.94. The molecule has 1 aromatic carbocycles. The van der Waals surface area contributed by atoms with Crippen molar-refractivity contribution in [2.75, 3.05) is 32.8 Å². The first kappa shape index (κ1) is 20.3. The zero-order valence-electron chi connectivity index (χ0n) is 15.8. The quantitative estimate of drug-likeness (QED) is 0.785. The van der Waals surface area contributed by atoms with Crippen LogP contribution in [0.2, 0.25) is 5.02 Å². The molecule has 9 heteroatoms. The number of nitrogens with one attached hydrogen (secondary N) is 1. The summed E-state index contributed by atoms with van der Waals surface area (Å²) >= 11 is 6.17. The van der Waals surface area contributed by atoms with Crippen LogP contribution in [-0.4, -0.2) is 55.9 Å². The molecule has 0 radical (unpaired) electrons. The number of rotatable bonds is 6. The van der Waals surface area contributed by atoms with Crippen molar-refractivity contribution in [2.24, 2.45) is 7.05 Å². The Morgan fingerprint density at radius 1 is 1.30 bits per heavy atom. The van der Waals surface area contributed by atoms with Gasteiger partial charge in [0.15, 0.2) is 0 Å². The molecule has 1 aliphatic heterocycles. The van der Waals surface area contributed by atoms with Crippen molar-refractivity contribution in [1.29, 1.82) is 0 Å². The Kier molecular flexibility index (Phi) is 6.22. The van der Waals surface area contributed by atoms with Gasteiger partial charge in [0.2, 0.25) is 10.0 Å². The maximum atomic E-state index is 12.9. The molecule has 1 saturated heterocycles. The lowest BCUT2D eigenvalue weighted by molar-refractivity contribution is 0.0172. The molecule has 0 amide bonds. The van der Waals surface area contributed by atoms with Crippen molar-refractivity contribution in [3.8, 4) is 0 Å². The summed E-state index contributed by atoms with van der Waals surface area (Å²) in [6.07, 6.45) is 0. The van der Waals surface area contributed by atoms with E-state index in [1.54, 1.807) is 25.6 Å². The maximum Gasteiger partial charge on any atom is 0.244 e. The van der Waals surface area contributed by atoms with E-state index in [1.165, 1.54) is 0 Å². The Balaban J connectivity index is 1.85. The molecule has 2 aromatic rings. The van der Waals surface area contributed by atoms with Crippen molar-refractivity contribution in [3.05, 3.63) is 46.2 Å². The number of benzene rings is 1. The van der Waals surface area contributed by atoms with E-state index >= 15 is 0 Å². The molecule has 7 nitrogen and oxygen atoms in total. The smallest absolute Gasteiger partial charge is 0.244 e. The molecule has 1 fully saturated rings. The number of hydrogen-bond donors (Lipinski definition) is 1. The van der Waals surface area contributed by atoms with E-state index in [4.69, 9.17) is 16.3 Å². The second-order valence-corrected chi connectivity index (χ2v) is 8.83. The summed E-state index contributed by atoms with van der Waals surface area (Å²) in [6, 6.07) is 7.43. The second kappa shape index (κ2) is 8.28. The predicted octanol–water partition coefficient (Wildman–Crippen LogP) is 2.04. The van der Waals surface area contributed by atoms with E-state index in [9.17, 15) is 8.42 Å². The first-order valence-electron chi connectivity index (χ1n) is 8.86. The molecule has 27 heavy (non-hydrogen) atoms. The fraction of sp³-hybridized carbons (Fsp3) is 0.500. The van der Waals surface area contributed by atoms with E-state index in [0.29, 0.717) is 29.6 Å². The third kappa shape index (κ3) is 4.52. The highest BCUT2D eigenvalue weighted by molar-refractivity contribution is 7.89. The number of aryl methyl sites for hydroxylation is 2. The van der Waals surface area contributed by atoms with Gasteiger partial charge >= 0.3 is 0 Å². The molecule has 1 aromatic heterocycles. The average molecular weight is 413 g/mol. The van der Waals surface area contributed by atoms with Gasteiger partial charge in [-0.1, -0.05) is 23.7 Å². The molecule has 0 spiro atoms. The highest BCUT2D eigenvalue weighted by atomic mass is 35.5. The minimum absolute atomic E-state index is 0.125. The van der Waals surface area contributed by atoms with Crippen LogP contribution in [0.3, 0.4) is 0 Å². The van der Waals surface area contributed by atoms with Crippen LogP contribution in [0.15, 0.2) is 29.2 Å². The normalized spacial score (nSPS) is 17.2. The Labute approximate surface area is 165 Å². The highest BCUT2D eigenvalue weighted by Crippen LogP contribution is 2.25. The first-order valence-corrected chi connectivity index (χ1v) is 10.7. The molecule has 2 heterocycles. The summed E-state index contributed by atoms with van der Waals surface area (Å²) in [4.78, 5) is 2.47. The van der Waals surface area contributed by atoms with E-state index in [0.717, 1.165) is 18.7 Å². The number of nitrogens with zero attached hydrogens (tertiary/aromatic N) is 3. The van der Waals surface area contributed by atoms with Crippen molar-refractivity contribution < 1.29 is 13.2 Å². The highest BCUT2D eigenvalue weighted by Gasteiger charge is 2.28. The number of morpholine rings is 1. The van der Waals surface area contributed by atoms with Crippen LogP contribution >= 0.6 is 11.6 Å². The van der Waals surface area contributed by atoms with Gasteiger partial charge in [-0.25, -0.2) is 13.1 Å². The second-order valence-electron chi connectivity index (χ2n) is 6.69. The van der Waals surface area contributed by atoms with E-state index in [1.807, 2.05) is 24.3 Å². The fourth-order valence-corrected chi connectivity index (χ4v) is 5.14. The standard InChI is InChI=1S/C18H25ClN4O3S/c1-13-18(14(2)22(3)21-13)27(24,25)20-12-17(23-7-9-26-10-8-23)15-5-4-6-16(19)11-15/h4-6,11,17,20H,7-10,12H2,1-3H3. The minimum Gasteiger partial charge on any atom is -0.379 e. The molecule has 148 valence electrons. The third-order valence-corrected chi connectivity index (χ3v) is 6.81. The van der Waals surface area contributed by atoms with Crippen LogP contribution in [-0.2, 0) is 21.8 Å². The zero-order valence-corrected chi connectivity index (χ0v) is 17.3. The summed E-state index contributed by atoms with van der Waals surface area (Å²) in [5, 5.41) is 4.85. The van der Waals surface area contributed by atoms with Gasteiger partial charge in [-0.15, -0.1) is 0 Å². The number of ether oxygens (including phenoxy) is 1. The van der Waals surface area contributed by atoms with Gasteiger partial charge < -0.3 is 4.74 Å². The van der Waals surface area contributed by atoms with Crippen LogP contribution in [0, 0.1) is 13.8 Å². The summed E-state index contributed by atoms with van der Waals surface area (Å²) in [5.74, 6) is 0. The molecule has 1 atom stereocenters. The van der Waals surface area contributed by atoms with Crippen LogP contribution in [0.25, 0.3) is 0 Å². The Morgan fingerprint density at radius 3 is 2.59 bits per heavy atom. The van der Waals surface area contributed by atoms with Gasteiger partial charge in [0, 0.05) is 37.7 Å². The van der Waals surface area contributed by atoms with Crippen molar-refractivity contribution >= 4 is 21.6 Å². The predicted molar refractivity (Wildman–Crippen MR) is 104 cm³/mol. The topological polar surface area (TPSA) is 76.5 Å². The third-order valence-electron chi connectivity index (χ3n) is 4.90. The van der Waals surface area contributed by atoms with E-state index in [2.05, 4.69) is 14.7 Å². The maximum absolute atomic E-state index is 12.9. The molecule has 0 aliphatic carbocycles. The van der Waals surface area contributed by atoms with Crippen LogP contribution in [0.1, 0.15) is 23.0 Å². The molecule has 3 rings (SSSR count). The Morgan fingerprint density at radius 2 is 2.00 bits per heavy atom. The lowest BCUT2D eigenvalue weighted by Gasteiger charge is -2.35. The average Bonchev–Trinajstić information content (AvgIpc) is 2.88. The number of sulfonamides is 1. The number of aromatic nitrogens is 2. The fourth-order valence-electron chi connectivity index (χ4n) is 3.46. The molecule has 1 aliphatic rings.